The van der Waals surface area contributed by atoms with Crippen LogP contribution in [0, 0.1) is 6.92 Å². The standard InChI is InChI=1S/C17H20N4O/c1-3-21(14-7-5-4-6-8-14)17-18-12(2)11-15(20-17)16(22)19-13-9-10-13/h4-8,11,13H,3,9-10H2,1-2H3,(H,19,22). The fourth-order valence-corrected chi connectivity index (χ4v) is 2.32. The fraction of sp³-hybridized carbons (Fsp3) is 0.353. The molecule has 0 unspecified atom stereocenters. The van der Waals surface area contributed by atoms with Crippen LogP contribution in [0.4, 0.5) is 11.6 Å². The number of nitrogens with one attached hydrogen (secondary N) is 1. The van der Waals surface area contributed by atoms with Gasteiger partial charge in [-0.3, -0.25) is 4.79 Å². The summed E-state index contributed by atoms with van der Waals surface area (Å²) in [5, 5.41) is 2.97. The number of carbonyl (C=O) groups excluding carboxylic acids is 1. The summed E-state index contributed by atoms with van der Waals surface area (Å²) in [6, 6.07) is 12.0. The Balaban J connectivity index is 1.91. The molecule has 0 spiro atoms. The fourth-order valence-electron chi connectivity index (χ4n) is 2.32. The third-order valence-electron chi connectivity index (χ3n) is 3.61. The molecule has 3 rings (SSSR count). The third kappa shape index (κ3) is 3.24. The molecule has 1 fully saturated rings. The summed E-state index contributed by atoms with van der Waals surface area (Å²) in [5.41, 5.74) is 2.24. The molecule has 1 heterocycles. The number of benzene rings is 1. The van der Waals surface area contributed by atoms with Gasteiger partial charge in [-0.25, -0.2) is 9.97 Å². The van der Waals surface area contributed by atoms with E-state index in [0.29, 0.717) is 17.7 Å². The van der Waals surface area contributed by atoms with E-state index in [0.717, 1.165) is 30.8 Å². The minimum absolute atomic E-state index is 0.113. The molecule has 0 saturated heterocycles. The van der Waals surface area contributed by atoms with Crippen LogP contribution < -0.4 is 10.2 Å². The van der Waals surface area contributed by atoms with E-state index in [2.05, 4.69) is 15.3 Å². The molecule has 1 aromatic carbocycles. The van der Waals surface area contributed by atoms with Gasteiger partial charge in [-0.2, -0.15) is 0 Å². The van der Waals surface area contributed by atoms with Crippen molar-refractivity contribution < 1.29 is 4.79 Å². The maximum absolute atomic E-state index is 12.2. The summed E-state index contributed by atoms with van der Waals surface area (Å²) in [4.78, 5) is 23.2. The van der Waals surface area contributed by atoms with Crippen LogP contribution in [-0.2, 0) is 0 Å². The van der Waals surface area contributed by atoms with Crippen LogP contribution in [0.2, 0.25) is 0 Å². The first-order chi connectivity index (χ1) is 10.7. The topological polar surface area (TPSA) is 58.1 Å². The zero-order chi connectivity index (χ0) is 15.5. The molecule has 1 aromatic heterocycles. The number of amides is 1. The molecule has 5 heteroatoms. The Kier molecular flexibility index (Phi) is 4.04. The van der Waals surface area contributed by atoms with E-state index in [-0.39, 0.29) is 5.91 Å². The lowest BCUT2D eigenvalue weighted by molar-refractivity contribution is 0.0946. The van der Waals surface area contributed by atoms with E-state index in [1.165, 1.54) is 0 Å². The monoisotopic (exact) mass is 296 g/mol. The average Bonchev–Trinajstić information content (AvgIpc) is 3.32. The Labute approximate surface area is 130 Å². The normalized spacial score (nSPS) is 13.7. The zero-order valence-corrected chi connectivity index (χ0v) is 12.9. The smallest absolute Gasteiger partial charge is 0.270 e. The van der Waals surface area contributed by atoms with Crippen molar-refractivity contribution in [1.29, 1.82) is 0 Å². The van der Waals surface area contributed by atoms with Gasteiger partial charge in [0.1, 0.15) is 5.69 Å². The first-order valence-electron chi connectivity index (χ1n) is 7.66. The number of rotatable bonds is 5. The Morgan fingerprint density at radius 2 is 2.00 bits per heavy atom. The van der Waals surface area contributed by atoms with Crippen molar-refractivity contribution in [1.82, 2.24) is 15.3 Å². The zero-order valence-electron chi connectivity index (χ0n) is 12.9. The molecule has 0 aliphatic heterocycles. The lowest BCUT2D eigenvalue weighted by atomic mass is 10.3. The second-order valence-electron chi connectivity index (χ2n) is 5.52. The highest BCUT2D eigenvalue weighted by molar-refractivity contribution is 5.93. The largest absolute Gasteiger partial charge is 0.348 e. The molecular weight excluding hydrogens is 276 g/mol. The van der Waals surface area contributed by atoms with Gasteiger partial charge in [0.15, 0.2) is 0 Å². The van der Waals surface area contributed by atoms with E-state index in [9.17, 15) is 4.79 Å². The van der Waals surface area contributed by atoms with Crippen molar-refractivity contribution in [2.45, 2.75) is 32.7 Å². The molecule has 0 atom stereocenters. The molecule has 2 aromatic rings. The molecule has 1 N–H and O–H groups in total. The summed E-state index contributed by atoms with van der Waals surface area (Å²) >= 11 is 0. The molecule has 1 aliphatic rings. The van der Waals surface area contributed by atoms with E-state index < -0.39 is 0 Å². The first kappa shape index (κ1) is 14.5. The van der Waals surface area contributed by atoms with E-state index in [4.69, 9.17) is 0 Å². The minimum atomic E-state index is -0.113. The van der Waals surface area contributed by atoms with Crippen molar-refractivity contribution in [2.24, 2.45) is 0 Å². The lowest BCUT2D eigenvalue weighted by Crippen LogP contribution is -2.28. The number of anilines is 2. The summed E-state index contributed by atoms with van der Waals surface area (Å²) in [5.74, 6) is 0.452. The van der Waals surface area contributed by atoms with Gasteiger partial charge in [0.05, 0.1) is 0 Å². The maximum atomic E-state index is 12.2. The SMILES string of the molecule is CCN(c1ccccc1)c1nc(C)cc(C(=O)NC2CC2)n1. The highest BCUT2D eigenvalue weighted by atomic mass is 16.2. The van der Waals surface area contributed by atoms with Crippen LogP contribution >= 0.6 is 0 Å². The van der Waals surface area contributed by atoms with Gasteiger partial charge >= 0.3 is 0 Å². The second-order valence-corrected chi connectivity index (χ2v) is 5.52. The average molecular weight is 296 g/mol. The molecule has 1 amide bonds. The minimum Gasteiger partial charge on any atom is -0.348 e. The predicted octanol–water partition coefficient (Wildman–Crippen LogP) is 2.84. The summed E-state index contributed by atoms with van der Waals surface area (Å²) < 4.78 is 0. The Morgan fingerprint density at radius 1 is 1.27 bits per heavy atom. The predicted molar refractivity (Wildman–Crippen MR) is 86.4 cm³/mol. The lowest BCUT2D eigenvalue weighted by Gasteiger charge is -2.21. The summed E-state index contributed by atoms with van der Waals surface area (Å²) in [6.07, 6.45) is 2.13. The molecule has 0 bridgehead atoms. The first-order valence-corrected chi connectivity index (χ1v) is 7.66. The van der Waals surface area contributed by atoms with Gasteiger partial charge in [-0.15, -0.1) is 0 Å². The van der Waals surface area contributed by atoms with Crippen molar-refractivity contribution in [3.8, 4) is 0 Å². The number of nitrogens with zero attached hydrogens (tertiary/aromatic N) is 3. The van der Waals surface area contributed by atoms with Crippen molar-refractivity contribution in [3.05, 3.63) is 47.8 Å². The van der Waals surface area contributed by atoms with Gasteiger partial charge in [-0.05, 0) is 44.9 Å². The number of para-hydroxylation sites is 1. The van der Waals surface area contributed by atoms with Crippen molar-refractivity contribution in [2.75, 3.05) is 11.4 Å². The molecule has 0 radical (unpaired) electrons. The highest BCUT2D eigenvalue weighted by Gasteiger charge is 2.25. The number of hydrogen-bond acceptors (Lipinski definition) is 4. The number of hydrogen-bond donors (Lipinski definition) is 1. The summed E-state index contributed by atoms with van der Waals surface area (Å²) in [6.45, 7) is 4.66. The molecule has 1 aliphatic carbocycles. The highest BCUT2D eigenvalue weighted by Crippen LogP contribution is 2.23. The molecule has 22 heavy (non-hydrogen) atoms. The second kappa shape index (κ2) is 6.13. The van der Waals surface area contributed by atoms with E-state index in [1.807, 2.05) is 49.1 Å². The Morgan fingerprint density at radius 3 is 2.64 bits per heavy atom. The Bertz CT molecular complexity index is 668. The van der Waals surface area contributed by atoms with Gasteiger partial charge in [-0.1, -0.05) is 18.2 Å². The Hall–Kier alpha value is -2.43. The maximum Gasteiger partial charge on any atom is 0.270 e. The molecule has 1 saturated carbocycles. The molecular formula is C17H20N4O. The molecule has 5 nitrogen and oxygen atoms in total. The summed E-state index contributed by atoms with van der Waals surface area (Å²) in [7, 11) is 0. The number of carbonyl (C=O) groups is 1. The van der Waals surface area contributed by atoms with Crippen molar-refractivity contribution in [3.63, 3.8) is 0 Å². The van der Waals surface area contributed by atoms with E-state index >= 15 is 0 Å². The van der Waals surface area contributed by atoms with Gasteiger partial charge in [0, 0.05) is 24.0 Å². The third-order valence-corrected chi connectivity index (χ3v) is 3.61. The van der Waals surface area contributed by atoms with Gasteiger partial charge in [0.2, 0.25) is 5.95 Å². The van der Waals surface area contributed by atoms with Gasteiger partial charge < -0.3 is 10.2 Å². The van der Waals surface area contributed by atoms with Crippen LogP contribution in [0.15, 0.2) is 36.4 Å². The number of aryl methyl sites for hydroxylation is 1. The molecule has 114 valence electrons. The van der Waals surface area contributed by atoms with Crippen LogP contribution in [0.25, 0.3) is 0 Å². The van der Waals surface area contributed by atoms with Crippen LogP contribution in [0.1, 0.15) is 35.9 Å². The quantitative estimate of drug-likeness (QED) is 0.921. The van der Waals surface area contributed by atoms with Gasteiger partial charge in [0.25, 0.3) is 5.91 Å². The van der Waals surface area contributed by atoms with Crippen molar-refractivity contribution >= 4 is 17.5 Å². The van der Waals surface area contributed by atoms with E-state index in [1.54, 1.807) is 6.07 Å². The number of aromatic nitrogens is 2. The van der Waals surface area contributed by atoms with Crippen LogP contribution in [0.3, 0.4) is 0 Å². The van der Waals surface area contributed by atoms with Crippen LogP contribution in [0.5, 0.6) is 0 Å². The van der Waals surface area contributed by atoms with Crippen LogP contribution in [-0.4, -0.2) is 28.5 Å².